The van der Waals surface area contributed by atoms with Gasteiger partial charge >= 0.3 is 0 Å². The molecule has 7 nitrogen and oxygen atoms in total. The van der Waals surface area contributed by atoms with Gasteiger partial charge in [-0.3, -0.25) is 4.90 Å². The number of phenolic OH excluding ortho intramolecular Hbond substituents is 1. The number of piperidine rings is 1. The van der Waals surface area contributed by atoms with Gasteiger partial charge in [-0.15, -0.1) is 0 Å². The highest BCUT2D eigenvalue weighted by Crippen LogP contribution is 2.41. The quantitative estimate of drug-likeness (QED) is 0.468. The van der Waals surface area contributed by atoms with Crippen molar-refractivity contribution >= 4 is 16.9 Å². The normalized spacial score (nSPS) is 22.2. The first kappa shape index (κ1) is 19.9. The maximum atomic E-state index is 13.6. The molecule has 8 rings (SSSR count). The van der Waals surface area contributed by atoms with Gasteiger partial charge in [-0.05, 0) is 61.6 Å². The molecule has 2 N–H and O–H groups in total. The van der Waals surface area contributed by atoms with Gasteiger partial charge in [0.25, 0.3) is 0 Å². The standard InChI is InChI=1S/C26H25FN6O/c27-18-4-5-23(34)17(7-18)11-33-19-8-20(33)13-32(12-19)24-6-3-16(10-28-24)25-21-9-22(15-1-2-15)31-26(21)30-14-29-25/h3-7,9-10,14-15,19-20,34H,1-2,8,11-13H2,(H,29,30,31). The number of piperazine rings is 1. The molecular formula is C26H25FN6O. The fraction of sp³-hybridized carbons (Fsp3) is 0.346. The predicted octanol–water partition coefficient (Wildman–Crippen LogP) is 4.21. The maximum Gasteiger partial charge on any atom is 0.141 e. The lowest BCUT2D eigenvalue weighted by Crippen LogP contribution is -2.68. The molecule has 1 aromatic carbocycles. The van der Waals surface area contributed by atoms with E-state index in [1.54, 1.807) is 6.33 Å². The van der Waals surface area contributed by atoms with Crippen LogP contribution >= 0.6 is 0 Å². The van der Waals surface area contributed by atoms with E-state index in [0.29, 0.717) is 30.1 Å². The van der Waals surface area contributed by atoms with E-state index in [1.807, 2.05) is 6.20 Å². The molecule has 3 aromatic heterocycles. The fourth-order valence-corrected chi connectivity index (χ4v) is 5.53. The molecule has 1 saturated carbocycles. The number of benzene rings is 1. The minimum Gasteiger partial charge on any atom is -0.508 e. The summed E-state index contributed by atoms with van der Waals surface area (Å²) < 4.78 is 13.6. The summed E-state index contributed by atoms with van der Waals surface area (Å²) in [5, 5.41) is 11.1. The number of pyridine rings is 1. The Balaban J connectivity index is 1.08. The van der Waals surface area contributed by atoms with E-state index < -0.39 is 0 Å². The lowest BCUT2D eigenvalue weighted by molar-refractivity contribution is -0.00921. The van der Waals surface area contributed by atoms with E-state index in [9.17, 15) is 9.50 Å². The number of anilines is 1. The molecule has 3 saturated heterocycles. The Bertz CT molecular complexity index is 1370. The van der Waals surface area contributed by atoms with Crippen molar-refractivity contribution in [2.75, 3.05) is 18.0 Å². The number of rotatable bonds is 5. The third-order valence-electron chi connectivity index (χ3n) is 7.55. The summed E-state index contributed by atoms with van der Waals surface area (Å²) in [6.45, 7) is 2.32. The van der Waals surface area contributed by atoms with Gasteiger partial charge in [-0.2, -0.15) is 0 Å². The molecule has 172 valence electrons. The lowest BCUT2D eigenvalue weighted by atomic mass is 9.86. The number of aromatic hydroxyl groups is 1. The second-order valence-electron chi connectivity index (χ2n) is 9.78. The Morgan fingerprint density at radius 3 is 2.65 bits per heavy atom. The molecule has 4 fully saturated rings. The van der Waals surface area contributed by atoms with Gasteiger partial charge in [0.2, 0.25) is 0 Å². The predicted molar refractivity (Wildman–Crippen MR) is 127 cm³/mol. The summed E-state index contributed by atoms with van der Waals surface area (Å²) in [6.07, 6.45) is 7.13. The number of H-pyrrole nitrogens is 1. The second-order valence-corrected chi connectivity index (χ2v) is 9.78. The SMILES string of the molecule is Oc1ccc(F)cc1CN1C2CC1CN(c1ccc(-c3ncnc4[nH]c(C5CC5)cc34)cn1)C2. The van der Waals surface area contributed by atoms with Crippen molar-refractivity contribution in [3.8, 4) is 17.0 Å². The molecule has 2 atom stereocenters. The number of hydrogen-bond donors (Lipinski definition) is 2. The summed E-state index contributed by atoms with van der Waals surface area (Å²) in [6, 6.07) is 11.3. The van der Waals surface area contributed by atoms with Crippen LogP contribution in [0.2, 0.25) is 0 Å². The number of fused-ring (bicyclic) bond motifs is 3. The van der Waals surface area contributed by atoms with Crippen LogP contribution in [0.4, 0.5) is 10.2 Å². The monoisotopic (exact) mass is 456 g/mol. The zero-order valence-electron chi connectivity index (χ0n) is 18.7. The highest BCUT2D eigenvalue weighted by molar-refractivity contribution is 5.91. The molecule has 8 heteroatoms. The smallest absolute Gasteiger partial charge is 0.141 e. The van der Waals surface area contributed by atoms with Crippen molar-refractivity contribution in [2.45, 2.75) is 43.8 Å². The number of hydrogen-bond acceptors (Lipinski definition) is 6. The van der Waals surface area contributed by atoms with Gasteiger partial charge in [-0.1, -0.05) is 0 Å². The number of aromatic amines is 1. The van der Waals surface area contributed by atoms with Crippen molar-refractivity contribution < 1.29 is 9.50 Å². The van der Waals surface area contributed by atoms with Crippen LogP contribution in [-0.2, 0) is 6.54 Å². The molecule has 0 spiro atoms. The third-order valence-corrected chi connectivity index (χ3v) is 7.55. The minimum atomic E-state index is -0.311. The van der Waals surface area contributed by atoms with E-state index in [1.165, 1.54) is 36.7 Å². The van der Waals surface area contributed by atoms with E-state index in [0.717, 1.165) is 47.6 Å². The number of nitrogens with one attached hydrogen (secondary N) is 1. The Kier molecular flexibility index (Phi) is 4.39. The molecule has 2 unspecified atom stereocenters. The van der Waals surface area contributed by atoms with Crippen LogP contribution in [0.5, 0.6) is 5.75 Å². The van der Waals surface area contributed by atoms with Crippen molar-refractivity contribution in [3.63, 3.8) is 0 Å². The molecule has 0 radical (unpaired) electrons. The second kappa shape index (κ2) is 7.50. The van der Waals surface area contributed by atoms with Crippen LogP contribution in [0.1, 0.15) is 36.4 Å². The summed E-state index contributed by atoms with van der Waals surface area (Å²) in [5.41, 5.74) is 4.69. The average molecular weight is 457 g/mol. The molecular weight excluding hydrogens is 431 g/mol. The summed E-state index contributed by atoms with van der Waals surface area (Å²) in [5.74, 6) is 1.45. The van der Waals surface area contributed by atoms with Gasteiger partial charge in [0.05, 0.1) is 5.69 Å². The van der Waals surface area contributed by atoms with Crippen LogP contribution in [0.3, 0.4) is 0 Å². The van der Waals surface area contributed by atoms with Gasteiger partial charge in [0.15, 0.2) is 0 Å². The van der Waals surface area contributed by atoms with Crippen LogP contribution < -0.4 is 4.90 Å². The fourth-order valence-electron chi connectivity index (χ4n) is 5.53. The van der Waals surface area contributed by atoms with Crippen molar-refractivity contribution in [1.29, 1.82) is 0 Å². The zero-order valence-corrected chi connectivity index (χ0v) is 18.7. The zero-order chi connectivity index (χ0) is 22.8. The lowest BCUT2D eigenvalue weighted by Gasteiger charge is -2.56. The molecule has 4 aromatic rings. The number of halogens is 1. The molecule has 0 amide bonds. The largest absolute Gasteiger partial charge is 0.508 e. The summed E-state index contributed by atoms with van der Waals surface area (Å²) in [4.78, 5) is 21.9. The third kappa shape index (κ3) is 3.32. The Morgan fingerprint density at radius 1 is 1.03 bits per heavy atom. The van der Waals surface area contributed by atoms with Gasteiger partial charge in [0.1, 0.15) is 29.4 Å². The first-order valence-electron chi connectivity index (χ1n) is 11.9. The van der Waals surface area contributed by atoms with Crippen LogP contribution in [0, 0.1) is 5.82 Å². The van der Waals surface area contributed by atoms with Crippen molar-refractivity contribution in [3.05, 3.63) is 66.0 Å². The van der Waals surface area contributed by atoms with Crippen LogP contribution in [0.15, 0.2) is 48.9 Å². The Hall–Kier alpha value is -3.52. The molecule has 2 bridgehead atoms. The first-order chi connectivity index (χ1) is 16.6. The average Bonchev–Trinajstić information content (AvgIpc) is 3.62. The summed E-state index contributed by atoms with van der Waals surface area (Å²) >= 11 is 0. The number of phenols is 1. The Morgan fingerprint density at radius 2 is 1.88 bits per heavy atom. The van der Waals surface area contributed by atoms with E-state index >= 15 is 0 Å². The van der Waals surface area contributed by atoms with Crippen LogP contribution in [-0.4, -0.2) is 55.1 Å². The highest BCUT2D eigenvalue weighted by Gasteiger charge is 2.44. The Labute approximate surface area is 196 Å². The maximum absolute atomic E-state index is 13.6. The number of nitrogens with zero attached hydrogens (tertiary/aromatic N) is 5. The van der Waals surface area contributed by atoms with E-state index in [4.69, 9.17) is 4.98 Å². The van der Waals surface area contributed by atoms with Crippen LogP contribution in [0.25, 0.3) is 22.3 Å². The van der Waals surface area contributed by atoms with Gasteiger partial charge in [-0.25, -0.2) is 19.3 Å². The van der Waals surface area contributed by atoms with Crippen molar-refractivity contribution in [1.82, 2.24) is 24.8 Å². The van der Waals surface area contributed by atoms with E-state index in [2.05, 4.69) is 43.0 Å². The van der Waals surface area contributed by atoms with Crippen molar-refractivity contribution in [2.24, 2.45) is 0 Å². The topological polar surface area (TPSA) is 81.2 Å². The first-order valence-corrected chi connectivity index (χ1v) is 11.9. The summed E-state index contributed by atoms with van der Waals surface area (Å²) in [7, 11) is 0. The number of aromatic nitrogens is 4. The van der Waals surface area contributed by atoms with E-state index in [-0.39, 0.29) is 11.6 Å². The van der Waals surface area contributed by atoms with Gasteiger partial charge in [0, 0.05) is 60.1 Å². The molecule has 6 heterocycles. The molecule has 1 aliphatic carbocycles. The highest BCUT2D eigenvalue weighted by atomic mass is 19.1. The van der Waals surface area contributed by atoms with Gasteiger partial charge < -0.3 is 15.0 Å². The molecule has 3 aliphatic heterocycles. The molecule has 34 heavy (non-hydrogen) atoms. The minimum absolute atomic E-state index is 0.158. The molecule has 4 aliphatic rings.